The molecule has 6 nitrogen and oxygen atoms in total. The summed E-state index contributed by atoms with van der Waals surface area (Å²) >= 11 is 0. The van der Waals surface area contributed by atoms with E-state index in [-0.39, 0.29) is 5.57 Å². The molecule has 1 heterocycles. The predicted octanol–water partition coefficient (Wildman–Crippen LogP) is 3.96. The van der Waals surface area contributed by atoms with E-state index in [1.807, 2.05) is 36.4 Å². The molecule has 0 spiro atoms. The molecule has 0 bridgehead atoms. The average molecular weight is 386 g/mol. The van der Waals surface area contributed by atoms with Crippen molar-refractivity contribution in [3.05, 3.63) is 89.2 Å². The molecule has 3 aromatic rings. The number of hydrogen-bond acceptors (Lipinski definition) is 5. The van der Waals surface area contributed by atoms with Gasteiger partial charge in [-0.25, -0.2) is 4.79 Å². The summed E-state index contributed by atoms with van der Waals surface area (Å²) in [5.41, 5.74) is 1.95. The van der Waals surface area contributed by atoms with Gasteiger partial charge in [0, 0.05) is 18.2 Å². The van der Waals surface area contributed by atoms with Crippen LogP contribution < -0.4 is 5.32 Å². The lowest BCUT2D eigenvalue weighted by Crippen LogP contribution is -2.23. The predicted molar refractivity (Wildman–Crippen MR) is 107 cm³/mol. The first-order chi connectivity index (χ1) is 14.1. The molecule has 0 saturated carbocycles. The molecule has 144 valence electrons. The van der Waals surface area contributed by atoms with Crippen LogP contribution >= 0.6 is 0 Å². The van der Waals surface area contributed by atoms with Gasteiger partial charge in [-0.3, -0.25) is 4.79 Å². The van der Waals surface area contributed by atoms with Crippen LogP contribution in [0.25, 0.3) is 17.4 Å². The van der Waals surface area contributed by atoms with Gasteiger partial charge in [0.2, 0.25) is 0 Å². The molecule has 0 aliphatic rings. The zero-order valence-electron chi connectivity index (χ0n) is 15.7. The quantitative estimate of drug-likeness (QED) is 0.393. The SMILES string of the molecule is COC(=O)c1cccc(-c2ccc(/C=C(\C#N)C(=O)NCc3ccccc3)o2)c1. The summed E-state index contributed by atoms with van der Waals surface area (Å²) in [6.45, 7) is 0.322. The highest BCUT2D eigenvalue weighted by Gasteiger charge is 2.12. The number of methoxy groups -OCH3 is 1. The van der Waals surface area contributed by atoms with Crippen LogP contribution in [0.4, 0.5) is 0 Å². The molecule has 0 aliphatic heterocycles. The van der Waals surface area contributed by atoms with Crippen molar-refractivity contribution >= 4 is 18.0 Å². The van der Waals surface area contributed by atoms with Crippen molar-refractivity contribution in [1.82, 2.24) is 5.32 Å². The van der Waals surface area contributed by atoms with E-state index in [4.69, 9.17) is 9.15 Å². The molecule has 1 aromatic heterocycles. The van der Waals surface area contributed by atoms with Crippen LogP contribution in [0.3, 0.4) is 0 Å². The second kappa shape index (κ2) is 9.20. The fraction of sp³-hybridized carbons (Fsp3) is 0.0870. The van der Waals surface area contributed by atoms with E-state index >= 15 is 0 Å². The number of carbonyl (C=O) groups is 2. The Balaban J connectivity index is 1.74. The molecule has 1 N–H and O–H groups in total. The van der Waals surface area contributed by atoms with Crippen LogP contribution in [-0.4, -0.2) is 19.0 Å². The van der Waals surface area contributed by atoms with Crippen molar-refractivity contribution in [2.24, 2.45) is 0 Å². The van der Waals surface area contributed by atoms with E-state index in [1.54, 1.807) is 36.4 Å². The molecular formula is C23H18N2O4. The number of furan rings is 1. The molecule has 3 rings (SSSR count). The zero-order chi connectivity index (χ0) is 20.6. The Morgan fingerprint density at radius 2 is 1.90 bits per heavy atom. The van der Waals surface area contributed by atoms with Gasteiger partial charge in [0.25, 0.3) is 5.91 Å². The first-order valence-corrected chi connectivity index (χ1v) is 8.83. The number of hydrogen-bond donors (Lipinski definition) is 1. The van der Waals surface area contributed by atoms with Gasteiger partial charge < -0.3 is 14.5 Å². The highest BCUT2D eigenvalue weighted by atomic mass is 16.5. The van der Waals surface area contributed by atoms with Crippen LogP contribution in [0.15, 0.2) is 76.7 Å². The largest absolute Gasteiger partial charge is 0.465 e. The second-order valence-corrected chi connectivity index (χ2v) is 6.11. The smallest absolute Gasteiger partial charge is 0.337 e. The van der Waals surface area contributed by atoms with Gasteiger partial charge in [-0.1, -0.05) is 42.5 Å². The lowest BCUT2D eigenvalue weighted by atomic mass is 10.1. The summed E-state index contributed by atoms with van der Waals surface area (Å²) in [6, 6.07) is 21.5. The molecule has 1 amide bonds. The second-order valence-electron chi connectivity index (χ2n) is 6.11. The molecule has 29 heavy (non-hydrogen) atoms. The number of nitriles is 1. The summed E-state index contributed by atoms with van der Waals surface area (Å²) in [4.78, 5) is 24.0. The Morgan fingerprint density at radius 3 is 2.62 bits per heavy atom. The number of nitrogens with one attached hydrogen (secondary N) is 1. The van der Waals surface area contributed by atoms with Gasteiger partial charge >= 0.3 is 5.97 Å². The van der Waals surface area contributed by atoms with E-state index in [9.17, 15) is 14.9 Å². The number of rotatable bonds is 6. The van der Waals surface area contributed by atoms with Gasteiger partial charge in [-0.2, -0.15) is 5.26 Å². The summed E-state index contributed by atoms with van der Waals surface area (Å²) in [7, 11) is 1.32. The van der Waals surface area contributed by atoms with Crippen molar-refractivity contribution in [2.45, 2.75) is 6.54 Å². The molecule has 0 saturated heterocycles. The summed E-state index contributed by atoms with van der Waals surface area (Å²) < 4.78 is 10.4. The number of carbonyl (C=O) groups excluding carboxylic acids is 2. The number of ether oxygens (including phenoxy) is 1. The topological polar surface area (TPSA) is 92.3 Å². The summed E-state index contributed by atoms with van der Waals surface area (Å²) in [5.74, 6) is -0.0683. The van der Waals surface area contributed by atoms with E-state index in [0.29, 0.717) is 29.2 Å². The third-order valence-corrected chi connectivity index (χ3v) is 4.14. The average Bonchev–Trinajstić information content (AvgIpc) is 3.24. The molecule has 0 atom stereocenters. The number of benzene rings is 2. The maximum atomic E-state index is 12.3. The van der Waals surface area contributed by atoms with Gasteiger partial charge in [0.15, 0.2) is 0 Å². The Bertz CT molecular complexity index is 1090. The molecule has 6 heteroatoms. The highest BCUT2D eigenvalue weighted by Crippen LogP contribution is 2.24. The Labute approximate surface area is 168 Å². The van der Waals surface area contributed by atoms with E-state index in [0.717, 1.165) is 5.56 Å². The summed E-state index contributed by atoms with van der Waals surface area (Å²) in [6.07, 6.45) is 1.38. The maximum absolute atomic E-state index is 12.3. The third-order valence-electron chi connectivity index (χ3n) is 4.14. The minimum absolute atomic E-state index is 0.0647. The summed E-state index contributed by atoms with van der Waals surface area (Å²) in [5, 5.41) is 12.0. The van der Waals surface area contributed by atoms with Gasteiger partial charge in [-0.05, 0) is 29.8 Å². The maximum Gasteiger partial charge on any atom is 0.337 e. The number of amides is 1. The van der Waals surface area contributed by atoms with Crippen molar-refractivity contribution in [3.63, 3.8) is 0 Å². The lowest BCUT2D eigenvalue weighted by molar-refractivity contribution is -0.117. The molecule has 0 fully saturated rings. The fourth-order valence-corrected chi connectivity index (χ4v) is 2.67. The highest BCUT2D eigenvalue weighted by molar-refractivity contribution is 6.01. The van der Waals surface area contributed by atoms with Crippen LogP contribution in [0.5, 0.6) is 0 Å². The first-order valence-electron chi connectivity index (χ1n) is 8.83. The van der Waals surface area contributed by atoms with Crippen LogP contribution in [0, 0.1) is 11.3 Å². The Kier molecular flexibility index (Phi) is 6.23. The molecule has 0 unspecified atom stereocenters. The molecule has 0 radical (unpaired) electrons. The van der Waals surface area contributed by atoms with Crippen molar-refractivity contribution in [2.75, 3.05) is 7.11 Å². The lowest BCUT2D eigenvalue weighted by Gasteiger charge is -2.04. The number of nitrogens with zero attached hydrogens (tertiary/aromatic N) is 1. The monoisotopic (exact) mass is 386 g/mol. The van der Waals surface area contributed by atoms with Crippen molar-refractivity contribution < 1.29 is 18.7 Å². The first kappa shape index (κ1) is 19.6. The molecular weight excluding hydrogens is 368 g/mol. The minimum atomic E-state index is -0.484. The normalized spacial score (nSPS) is 10.8. The van der Waals surface area contributed by atoms with Gasteiger partial charge in [0.1, 0.15) is 23.2 Å². The standard InChI is InChI=1S/C23H18N2O4/c1-28-23(27)18-9-5-8-17(12-18)21-11-10-20(29-21)13-19(14-24)22(26)25-15-16-6-3-2-4-7-16/h2-13H,15H2,1H3,(H,25,26)/b19-13+. The van der Waals surface area contributed by atoms with Crippen molar-refractivity contribution in [3.8, 4) is 17.4 Å². The van der Waals surface area contributed by atoms with Crippen molar-refractivity contribution in [1.29, 1.82) is 5.26 Å². The Hall–Kier alpha value is -4.11. The fourth-order valence-electron chi connectivity index (χ4n) is 2.67. The van der Waals surface area contributed by atoms with Crippen LogP contribution in [-0.2, 0) is 16.1 Å². The minimum Gasteiger partial charge on any atom is -0.465 e. The van der Waals surface area contributed by atoms with E-state index in [2.05, 4.69) is 5.32 Å². The van der Waals surface area contributed by atoms with Gasteiger partial charge in [-0.15, -0.1) is 0 Å². The zero-order valence-corrected chi connectivity index (χ0v) is 15.7. The Morgan fingerprint density at radius 1 is 1.10 bits per heavy atom. The van der Waals surface area contributed by atoms with Gasteiger partial charge in [0.05, 0.1) is 12.7 Å². The van der Waals surface area contributed by atoms with E-state index in [1.165, 1.54) is 13.2 Å². The van der Waals surface area contributed by atoms with Crippen LogP contribution in [0.1, 0.15) is 21.7 Å². The number of esters is 1. The molecule has 0 aliphatic carbocycles. The van der Waals surface area contributed by atoms with E-state index < -0.39 is 11.9 Å². The third kappa shape index (κ3) is 4.99. The molecule has 2 aromatic carbocycles. The van der Waals surface area contributed by atoms with Crippen LogP contribution in [0.2, 0.25) is 0 Å².